The molecule has 1 saturated carbocycles. The maximum absolute atomic E-state index is 12.4. The van der Waals surface area contributed by atoms with E-state index in [9.17, 15) is 10.0 Å². The third-order valence-electron chi connectivity index (χ3n) is 4.04. The molecule has 0 bridgehead atoms. The maximum Gasteiger partial charge on any atom is 0.257 e. The number of nitrogens with zero attached hydrogens (tertiary/aromatic N) is 1. The highest BCUT2D eigenvalue weighted by Gasteiger charge is 2.29. The fraction of sp³-hybridized carbons (Fsp3) is 0.375. The van der Waals surface area contributed by atoms with Gasteiger partial charge >= 0.3 is 0 Å². The maximum atomic E-state index is 12.4. The summed E-state index contributed by atoms with van der Waals surface area (Å²) in [4.78, 5) is 13.6. The lowest BCUT2D eigenvalue weighted by Crippen LogP contribution is -2.34. The van der Waals surface area contributed by atoms with Crippen molar-refractivity contribution in [3.63, 3.8) is 0 Å². The Hall–Kier alpha value is -1.88. The standard InChI is InChI=1S/C16H18N2O2S/c19-16(13-7-3-9-18(20)11-13)17-15(12-5-1-2-6-12)14-8-4-10-21-14/h3-4,7-12,15H,1-2,5-6H2,(H,17,19)/t15-/m0/s1. The van der Waals surface area contributed by atoms with Gasteiger partial charge in [0.2, 0.25) is 0 Å². The van der Waals surface area contributed by atoms with E-state index in [0.717, 1.165) is 12.8 Å². The lowest BCUT2D eigenvalue weighted by atomic mass is 9.96. The van der Waals surface area contributed by atoms with E-state index in [0.29, 0.717) is 16.2 Å². The van der Waals surface area contributed by atoms with E-state index < -0.39 is 0 Å². The summed E-state index contributed by atoms with van der Waals surface area (Å²) < 4.78 is 0.657. The van der Waals surface area contributed by atoms with Crippen LogP contribution in [0.4, 0.5) is 0 Å². The number of hydrogen-bond acceptors (Lipinski definition) is 3. The van der Waals surface area contributed by atoms with E-state index in [1.165, 1.54) is 30.1 Å². The molecule has 21 heavy (non-hydrogen) atoms. The monoisotopic (exact) mass is 302 g/mol. The van der Waals surface area contributed by atoms with Crippen molar-refractivity contribution in [3.05, 3.63) is 57.7 Å². The Kier molecular flexibility index (Phi) is 4.20. The van der Waals surface area contributed by atoms with Crippen molar-refractivity contribution in [2.24, 2.45) is 5.92 Å². The molecule has 1 N–H and O–H groups in total. The van der Waals surface area contributed by atoms with Crippen molar-refractivity contribution in [2.75, 3.05) is 0 Å². The minimum atomic E-state index is -0.175. The van der Waals surface area contributed by atoms with Gasteiger partial charge < -0.3 is 10.5 Å². The molecule has 0 aromatic carbocycles. The summed E-state index contributed by atoms with van der Waals surface area (Å²) in [6.45, 7) is 0. The van der Waals surface area contributed by atoms with Gasteiger partial charge in [-0.15, -0.1) is 11.3 Å². The number of hydrogen-bond donors (Lipinski definition) is 1. The lowest BCUT2D eigenvalue weighted by Gasteiger charge is -2.23. The Morgan fingerprint density at radius 3 is 2.81 bits per heavy atom. The highest BCUT2D eigenvalue weighted by atomic mass is 32.1. The molecule has 2 aromatic heterocycles. The zero-order valence-corrected chi connectivity index (χ0v) is 12.5. The predicted molar refractivity (Wildman–Crippen MR) is 81.9 cm³/mol. The molecule has 4 nitrogen and oxygen atoms in total. The van der Waals surface area contributed by atoms with Crippen LogP contribution in [0.2, 0.25) is 0 Å². The molecule has 1 fully saturated rings. The van der Waals surface area contributed by atoms with E-state index >= 15 is 0 Å². The summed E-state index contributed by atoms with van der Waals surface area (Å²) in [5, 5.41) is 16.5. The molecule has 0 aliphatic heterocycles. The van der Waals surface area contributed by atoms with Gasteiger partial charge in [0.1, 0.15) is 5.56 Å². The summed E-state index contributed by atoms with van der Waals surface area (Å²) in [5.41, 5.74) is 0.409. The van der Waals surface area contributed by atoms with Gasteiger partial charge in [-0.1, -0.05) is 18.9 Å². The van der Waals surface area contributed by atoms with Crippen molar-refractivity contribution in [2.45, 2.75) is 31.7 Å². The second-order valence-electron chi connectivity index (χ2n) is 5.46. The molecule has 0 radical (unpaired) electrons. The third kappa shape index (κ3) is 3.24. The van der Waals surface area contributed by atoms with Crippen LogP contribution < -0.4 is 10.0 Å². The van der Waals surface area contributed by atoms with Crippen molar-refractivity contribution >= 4 is 17.2 Å². The zero-order valence-electron chi connectivity index (χ0n) is 11.7. The number of rotatable bonds is 4. The van der Waals surface area contributed by atoms with Crippen LogP contribution in [0.3, 0.4) is 0 Å². The molecular formula is C16H18N2O2S. The number of aromatic nitrogens is 1. The van der Waals surface area contributed by atoms with Gasteiger partial charge in [0, 0.05) is 10.9 Å². The molecule has 0 unspecified atom stereocenters. The van der Waals surface area contributed by atoms with Crippen molar-refractivity contribution in [1.82, 2.24) is 5.32 Å². The fourth-order valence-electron chi connectivity index (χ4n) is 2.99. The Bertz CT molecular complexity index is 606. The molecule has 5 heteroatoms. The number of carbonyl (C=O) groups excluding carboxylic acids is 1. The predicted octanol–water partition coefficient (Wildman–Crippen LogP) is 3.04. The first kappa shape index (κ1) is 14.1. The van der Waals surface area contributed by atoms with Gasteiger partial charge in [0.15, 0.2) is 12.4 Å². The summed E-state index contributed by atoms with van der Waals surface area (Å²) in [7, 11) is 0. The van der Waals surface area contributed by atoms with E-state index in [4.69, 9.17) is 0 Å². The van der Waals surface area contributed by atoms with E-state index in [2.05, 4.69) is 11.4 Å². The second kappa shape index (κ2) is 6.26. The largest absolute Gasteiger partial charge is 0.619 e. The van der Waals surface area contributed by atoms with E-state index in [1.807, 2.05) is 11.4 Å². The highest BCUT2D eigenvalue weighted by molar-refractivity contribution is 7.10. The van der Waals surface area contributed by atoms with Gasteiger partial charge in [-0.3, -0.25) is 4.79 Å². The number of pyridine rings is 1. The van der Waals surface area contributed by atoms with Crippen molar-refractivity contribution in [1.29, 1.82) is 0 Å². The first-order valence-corrected chi connectivity index (χ1v) is 8.15. The van der Waals surface area contributed by atoms with Crippen LogP contribution in [-0.4, -0.2) is 5.91 Å². The minimum Gasteiger partial charge on any atom is -0.619 e. The average Bonchev–Trinajstić information content (AvgIpc) is 3.18. The zero-order chi connectivity index (χ0) is 14.7. The van der Waals surface area contributed by atoms with Crippen LogP contribution in [-0.2, 0) is 0 Å². The molecule has 0 spiro atoms. The van der Waals surface area contributed by atoms with Crippen molar-refractivity contribution in [3.8, 4) is 0 Å². The van der Waals surface area contributed by atoms with Crippen LogP contribution in [0.1, 0.15) is 47.0 Å². The molecule has 3 rings (SSSR count). The molecule has 1 aliphatic rings. The van der Waals surface area contributed by atoms with Gasteiger partial charge in [0.05, 0.1) is 6.04 Å². The lowest BCUT2D eigenvalue weighted by molar-refractivity contribution is -0.605. The fourth-order valence-corrected chi connectivity index (χ4v) is 3.86. The topological polar surface area (TPSA) is 56.0 Å². The van der Waals surface area contributed by atoms with E-state index in [-0.39, 0.29) is 11.9 Å². The van der Waals surface area contributed by atoms with Gasteiger partial charge in [-0.2, -0.15) is 4.73 Å². The second-order valence-corrected chi connectivity index (χ2v) is 6.44. The van der Waals surface area contributed by atoms with E-state index in [1.54, 1.807) is 23.5 Å². The molecule has 2 aromatic rings. The molecule has 1 amide bonds. The Morgan fingerprint density at radius 1 is 1.33 bits per heavy atom. The van der Waals surface area contributed by atoms with Crippen LogP contribution in [0.25, 0.3) is 0 Å². The molecule has 0 saturated heterocycles. The molecular weight excluding hydrogens is 284 g/mol. The highest BCUT2D eigenvalue weighted by Crippen LogP contribution is 2.37. The Morgan fingerprint density at radius 2 is 2.14 bits per heavy atom. The first-order valence-electron chi connectivity index (χ1n) is 7.27. The summed E-state index contributed by atoms with van der Waals surface area (Å²) in [5.74, 6) is 0.321. The van der Waals surface area contributed by atoms with Crippen LogP contribution in [0, 0.1) is 11.1 Å². The number of carbonyl (C=O) groups is 1. The van der Waals surface area contributed by atoms with Gasteiger partial charge in [-0.05, 0) is 36.3 Å². The molecule has 110 valence electrons. The summed E-state index contributed by atoms with van der Waals surface area (Å²) >= 11 is 1.68. The smallest absolute Gasteiger partial charge is 0.257 e. The van der Waals surface area contributed by atoms with Gasteiger partial charge in [-0.25, -0.2) is 0 Å². The Balaban J connectivity index is 1.79. The summed E-state index contributed by atoms with van der Waals surface area (Å²) in [6.07, 6.45) is 7.46. The molecule has 1 aliphatic carbocycles. The van der Waals surface area contributed by atoms with Crippen molar-refractivity contribution < 1.29 is 9.52 Å². The Labute approximate surface area is 128 Å². The first-order chi connectivity index (χ1) is 10.2. The SMILES string of the molecule is O=C(N[C@H](c1cccs1)C1CCCC1)c1ccc[n+]([O-])c1. The quantitative estimate of drug-likeness (QED) is 0.697. The number of amides is 1. The minimum absolute atomic E-state index is 0.0558. The summed E-state index contributed by atoms with van der Waals surface area (Å²) in [6, 6.07) is 7.41. The van der Waals surface area contributed by atoms with Gasteiger partial charge in [0.25, 0.3) is 5.91 Å². The van der Waals surface area contributed by atoms with Crippen LogP contribution in [0.15, 0.2) is 42.0 Å². The normalized spacial score (nSPS) is 16.8. The average molecular weight is 302 g/mol. The van der Waals surface area contributed by atoms with Crippen LogP contribution >= 0.6 is 11.3 Å². The number of thiophene rings is 1. The van der Waals surface area contributed by atoms with Crippen LogP contribution in [0.5, 0.6) is 0 Å². The molecule has 1 atom stereocenters. The number of nitrogens with one attached hydrogen (secondary N) is 1. The molecule has 2 heterocycles. The third-order valence-corrected chi connectivity index (χ3v) is 5.00.